The highest BCUT2D eigenvalue weighted by molar-refractivity contribution is 5.47. The second kappa shape index (κ2) is 2.89. The minimum absolute atomic E-state index is 0.134. The molecule has 0 radical (unpaired) electrons. The van der Waals surface area contributed by atoms with Gasteiger partial charge in [0.15, 0.2) is 11.5 Å². The molecule has 0 aromatic heterocycles. The topological polar surface area (TPSA) is 55.5 Å². The van der Waals surface area contributed by atoms with Gasteiger partial charge in [0, 0.05) is 5.54 Å². The lowest BCUT2D eigenvalue weighted by molar-refractivity contribution is 0.371. The zero-order chi connectivity index (χ0) is 11.3. The van der Waals surface area contributed by atoms with E-state index in [4.69, 9.17) is 10.5 Å². The van der Waals surface area contributed by atoms with E-state index >= 15 is 0 Å². The van der Waals surface area contributed by atoms with Crippen LogP contribution in [-0.2, 0) is 5.54 Å². The molecular formula is C12H17NO2. The van der Waals surface area contributed by atoms with Crippen LogP contribution in [0.2, 0.25) is 0 Å². The van der Waals surface area contributed by atoms with Gasteiger partial charge >= 0.3 is 0 Å². The molecule has 1 atom stereocenters. The predicted octanol–water partition coefficient (Wildman–Crippen LogP) is 1.98. The van der Waals surface area contributed by atoms with Gasteiger partial charge in [0.25, 0.3) is 0 Å². The van der Waals surface area contributed by atoms with E-state index in [9.17, 15) is 5.11 Å². The van der Waals surface area contributed by atoms with Crippen molar-refractivity contribution in [1.29, 1.82) is 0 Å². The number of phenols is 1. The lowest BCUT2D eigenvalue weighted by atomic mass is 9.97. The molecule has 0 amide bonds. The summed E-state index contributed by atoms with van der Waals surface area (Å²) in [5.74, 6) is 0.642. The van der Waals surface area contributed by atoms with E-state index in [2.05, 4.69) is 13.8 Å². The van der Waals surface area contributed by atoms with Crippen LogP contribution in [0.3, 0.4) is 0 Å². The Morgan fingerprint density at radius 3 is 2.47 bits per heavy atom. The third kappa shape index (κ3) is 1.38. The number of nitrogens with two attached hydrogens (primary N) is 1. The Morgan fingerprint density at radius 2 is 2.00 bits per heavy atom. The molecule has 1 aliphatic carbocycles. The Kier molecular flexibility index (Phi) is 1.98. The molecule has 1 unspecified atom stereocenters. The Hall–Kier alpha value is -1.22. The number of hydrogen-bond donors (Lipinski definition) is 2. The number of ether oxygens (including phenoxy) is 1. The molecule has 0 aliphatic heterocycles. The quantitative estimate of drug-likeness (QED) is 0.779. The molecule has 0 spiro atoms. The molecule has 82 valence electrons. The van der Waals surface area contributed by atoms with Gasteiger partial charge in [-0.15, -0.1) is 0 Å². The molecular weight excluding hydrogens is 190 g/mol. The van der Waals surface area contributed by atoms with Crippen LogP contribution in [0.4, 0.5) is 0 Å². The number of hydrogen-bond acceptors (Lipinski definition) is 3. The first-order chi connectivity index (χ1) is 6.90. The number of phenolic OH excluding ortho intramolecular Hbond substituents is 1. The number of benzene rings is 1. The Bertz CT molecular complexity index is 401. The lowest BCUT2D eigenvalue weighted by Crippen LogP contribution is -2.25. The van der Waals surface area contributed by atoms with Crippen LogP contribution in [0.15, 0.2) is 18.2 Å². The van der Waals surface area contributed by atoms with Crippen molar-refractivity contribution >= 4 is 0 Å². The second-order valence-corrected chi connectivity index (χ2v) is 4.92. The summed E-state index contributed by atoms with van der Waals surface area (Å²) in [5.41, 5.74) is 7.18. The molecule has 3 nitrogen and oxygen atoms in total. The van der Waals surface area contributed by atoms with E-state index in [1.807, 2.05) is 12.1 Å². The summed E-state index contributed by atoms with van der Waals surface area (Å²) < 4.78 is 5.07. The van der Waals surface area contributed by atoms with Crippen molar-refractivity contribution in [3.63, 3.8) is 0 Å². The van der Waals surface area contributed by atoms with E-state index in [1.165, 1.54) is 0 Å². The fraction of sp³-hybridized carbons (Fsp3) is 0.500. The van der Waals surface area contributed by atoms with Crippen LogP contribution < -0.4 is 10.5 Å². The van der Waals surface area contributed by atoms with Crippen LogP contribution >= 0.6 is 0 Å². The van der Waals surface area contributed by atoms with Gasteiger partial charge in [0.1, 0.15) is 0 Å². The molecule has 0 heterocycles. The number of methoxy groups -OCH3 is 1. The molecule has 1 aliphatic rings. The fourth-order valence-corrected chi connectivity index (χ4v) is 2.10. The molecule has 15 heavy (non-hydrogen) atoms. The van der Waals surface area contributed by atoms with Gasteiger partial charge in [0.2, 0.25) is 0 Å². The summed E-state index contributed by atoms with van der Waals surface area (Å²) in [6.07, 6.45) is 0.966. The van der Waals surface area contributed by atoms with Crippen molar-refractivity contribution in [3.8, 4) is 11.5 Å². The van der Waals surface area contributed by atoms with Crippen molar-refractivity contribution in [2.45, 2.75) is 25.8 Å². The molecule has 3 heteroatoms. The van der Waals surface area contributed by atoms with E-state index in [-0.39, 0.29) is 16.7 Å². The first kappa shape index (κ1) is 10.3. The van der Waals surface area contributed by atoms with Crippen LogP contribution in [-0.4, -0.2) is 12.2 Å². The van der Waals surface area contributed by atoms with Gasteiger partial charge in [-0.1, -0.05) is 19.9 Å². The van der Waals surface area contributed by atoms with Crippen LogP contribution in [0.5, 0.6) is 11.5 Å². The van der Waals surface area contributed by atoms with Crippen molar-refractivity contribution in [1.82, 2.24) is 0 Å². The fourth-order valence-electron chi connectivity index (χ4n) is 2.10. The van der Waals surface area contributed by atoms with Gasteiger partial charge < -0.3 is 15.6 Å². The molecule has 1 saturated carbocycles. The maximum atomic E-state index is 9.49. The molecule has 1 aromatic carbocycles. The molecule has 2 rings (SSSR count). The maximum absolute atomic E-state index is 9.49. The van der Waals surface area contributed by atoms with Gasteiger partial charge in [-0.05, 0) is 29.5 Å². The Labute approximate surface area is 89.9 Å². The zero-order valence-corrected chi connectivity index (χ0v) is 9.37. The molecule has 0 bridgehead atoms. The molecule has 3 N–H and O–H groups in total. The minimum atomic E-state index is -0.270. The maximum Gasteiger partial charge on any atom is 0.160 e. The smallest absolute Gasteiger partial charge is 0.160 e. The predicted molar refractivity (Wildman–Crippen MR) is 58.9 cm³/mol. The molecule has 0 saturated heterocycles. The first-order valence-electron chi connectivity index (χ1n) is 5.07. The van der Waals surface area contributed by atoms with E-state index < -0.39 is 0 Å². The van der Waals surface area contributed by atoms with E-state index in [0.717, 1.165) is 12.0 Å². The van der Waals surface area contributed by atoms with Crippen molar-refractivity contribution in [3.05, 3.63) is 23.8 Å². The lowest BCUT2D eigenvalue weighted by Gasteiger charge is -2.16. The summed E-state index contributed by atoms with van der Waals surface area (Å²) >= 11 is 0. The van der Waals surface area contributed by atoms with Crippen LogP contribution in [0.1, 0.15) is 25.8 Å². The summed E-state index contributed by atoms with van der Waals surface area (Å²) in [6.45, 7) is 4.29. The molecule has 1 fully saturated rings. The largest absolute Gasteiger partial charge is 0.504 e. The summed E-state index contributed by atoms with van der Waals surface area (Å²) in [7, 11) is 1.54. The average Bonchev–Trinajstić information content (AvgIpc) is 2.68. The Morgan fingerprint density at radius 1 is 1.40 bits per heavy atom. The van der Waals surface area contributed by atoms with Crippen molar-refractivity contribution < 1.29 is 9.84 Å². The Balaban J connectivity index is 2.40. The van der Waals surface area contributed by atoms with Gasteiger partial charge in [-0.25, -0.2) is 0 Å². The molecule has 1 aromatic rings. The third-order valence-electron chi connectivity index (χ3n) is 3.50. The SMILES string of the molecule is COc1cc(C2(N)CC2(C)C)ccc1O. The van der Waals surface area contributed by atoms with Gasteiger partial charge in [-0.2, -0.15) is 0 Å². The summed E-state index contributed by atoms with van der Waals surface area (Å²) in [4.78, 5) is 0. The third-order valence-corrected chi connectivity index (χ3v) is 3.50. The zero-order valence-electron chi connectivity index (χ0n) is 9.37. The van der Waals surface area contributed by atoms with Gasteiger partial charge in [0.05, 0.1) is 7.11 Å². The first-order valence-corrected chi connectivity index (χ1v) is 5.07. The number of rotatable bonds is 2. The normalized spacial score (nSPS) is 27.5. The van der Waals surface area contributed by atoms with Crippen LogP contribution in [0.25, 0.3) is 0 Å². The van der Waals surface area contributed by atoms with Crippen LogP contribution in [0, 0.1) is 5.41 Å². The van der Waals surface area contributed by atoms with Crippen molar-refractivity contribution in [2.24, 2.45) is 11.1 Å². The highest BCUT2D eigenvalue weighted by Gasteiger charge is 2.59. The number of aromatic hydroxyl groups is 1. The van der Waals surface area contributed by atoms with Gasteiger partial charge in [-0.3, -0.25) is 0 Å². The highest BCUT2D eigenvalue weighted by atomic mass is 16.5. The summed E-state index contributed by atoms with van der Waals surface area (Å²) in [5, 5.41) is 9.49. The summed E-state index contributed by atoms with van der Waals surface area (Å²) in [6, 6.07) is 5.33. The monoisotopic (exact) mass is 207 g/mol. The second-order valence-electron chi connectivity index (χ2n) is 4.92. The highest BCUT2D eigenvalue weighted by Crippen LogP contribution is 2.60. The standard InChI is InChI=1S/C12H17NO2/c1-11(2)7-12(11,13)8-4-5-9(14)10(6-8)15-3/h4-6,14H,7,13H2,1-3H3. The van der Waals surface area contributed by atoms with Crippen molar-refractivity contribution in [2.75, 3.05) is 7.11 Å². The minimum Gasteiger partial charge on any atom is -0.504 e. The van der Waals surface area contributed by atoms with E-state index in [0.29, 0.717) is 5.75 Å². The van der Waals surface area contributed by atoms with E-state index in [1.54, 1.807) is 13.2 Å². The average molecular weight is 207 g/mol.